The Balaban J connectivity index is 1.47. The first-order chi connectivity index (χ1) is 15.2. The van der Waals surface area contributed by atoms with Gasteiger partial charge in [0.15, 0.2) is 0 Å². The fourth-order valence-electron chi connectivity index (χ4n) is 4.67. The number of methoxy groups -OCH3 is 1. The van der Waals surface area contributed by atoms with Gasteiger partial charge in [0.25, 0.3) is 5.56 Å². The van der Waals surface area contributed by atoms with E-state index in [4.69, 9.17) is 9.72 Å². The number of aryl methyl sites for hydroxylation is 2. The number of fused-ring (bicyclic) bond motifs is 3. The maximum absolute atomic E-state index is 13.6. The predicted octanol–water partition coefficient (Wildman–Crippen LogP) is 3.45. The number of anilines is 2. The van der Waals surface area contributed by atoms with Crippen LogP contribution in [0.5, 0.6) is 0 Å². The van der Waals surface area contributed by atoms with Gasteiger partial charge in [0.05, 0.1) is 18.5 Å². The SMILES string of the molecule is COCCn1c(N2CCN(c3ccc(F)cc3)CC2)nc2sc3c(c2c1=O)CCCC3. The first-order valence-corrected chi connectivity index (χ1v) is 11.8. The number of thiophene rings is 1. The van der Waals surface area contributed by atoms with Crippen LogP contribution in [-0.4, -0.2) is 49.4 Å². The average molecular weight is 443 g/mol. The summed E-state index contributed by atoms with van der Waals surface area (Å²) in [6.07, 6.45) is 4.37. The van der Waals surface area contributed by atoms with E-state index in [1.165, 1.54) is 29.0 Å². The predicted molar refractivity (Wildman–Crippen MR) is 123 cm³/mol. The Hall–Kier alpha value is -2.45. The van der Waals surface area contributed by atoms with Gasteiger partial charge in [-0.25, -0.2) is 9.37 Å². The van der Waals surface area contributed by atoms with Crippen LogP contribution in [0.1, 0.15) is 23.3 Å². The molecule has 0 radical (unpaired) electrons. The lowest BCUT2D eigenvalue weighted by Crippen LogP contribution is -2.48. The monoisotopic (exact) mass is 442 g/mol. The highest BCUT2D eigenvalue weighted by molar-refractivity contribution is 7.18. The molecule has 2 aliphatic rings. The van der Waals surface area contributed by atoms with Crippen LogP contribution in [0.4, 0.5) is 16.0 Å². The summed E-state index contributed by atoms with van der Waals surface area (Å²) in [7, 11) is 1.66. The number of nitrogens with zero attached hydrogens (tertiary/aromatic N) is 4. The minimum atomic E-state index is -0.222. The molecule has 0 atom stereocenters. The van der Waals surface area contributed by atoms with Gasteiger partial charge in [0.1, 0.15) is 10.6 Å². The molecule has 0 saturated carbocycles. The Kier molecular flexibility index (Phi) is 5.67. The van der Waals surface area contributed by atoms with E-state index >= 15 is 0 Å². The van der Waals surface area contributed by atoms with E-state index in [1.807, 2.05) is 12.1 Å². The van der Waals surface area contributed by atoms with Crippen molar-refractivity contribution in [2.75, 3.05) is 49.7 Å². The molecule has 31 heavy (non-hydrogen) atoms. The van der Waals surface area contributed by atoms with Gasteiger partial charge in [-0.15, -0.1) is 11.3 Å². The fourth-order valence-corrected chi connectivity index (χ4v) is 5.92. The molecular formula is C23H27FN4O2S. The molecule has 1 fully saturated rings. The summed E-state index contributed by atoms with van der Waals surface area (Å²) >= 11 is 1.70. The number of halogens is 1. The Morgan fingerprint density at radius 2 is 1.77 bits per heavy atom. The molecule has 1 aliphatic carbocycles. The normalized spacial score (nSPS) is 16.7. The molecule has 2 aromatic heterocycles. The average Bonchev–Trinajstić information content (AvgIpc) is 3.18. The van der Waals surface area contributed by atoms with Gasteiger partial charge in [0.2, 0.25) is 5.95 Å². The summed E-state index contributed by atoms with van der Waals surface area (Å²) < 4.78 is 20.4. The zero-order chi connectivity index (χ0) is 21.4. The van der Waals surface area contributed by atoms with E-state index in [1.54, 1.807) is 23.0 Å². The highest BCUT2D eigenvalue weighted by Gasteiger charge is 2.26. The lowest BCUT2D eigenvalue weighted by molar-refractivity contribution is 0.186. The quantitative estimate of drug-likeness (QED) is 0.606. The highest BCUT2D eigenvalue weighted by atomic mass is 32.1. The second-order valence-electron chi connectivity index (χ2n) is 8.20. The lowest BCUT2D eigenvalue weighted by atomic mass is 9.97. The van der Waals surface area contributed by atoms with Crippen LogP contribution in [0, 0.1) is 5.82 Å². The maximum atomic E-state index is 13.6. The third kappa shape index (κ3) is 3.83. The molecule has 6 nitrogen and oxygen atoms in total. The summed E-state index contributed by atoms with van der Waals surface area (Å²) in [5, 5.41) is 0.824. The van der Waals surface area contributed by atoms with Crippen molar-refractivity contribution in [3.8, 4) is 0 Å². The summed E-state index contributed by atoms with van der Waals surface area (Å²) in [4.78, 5) is 25.2. The number of rotatable bonds is 5. The van der Waals surface area contributed by atoms with Gasteiger partial charge in [-0.1, -0.05) is 0 Å². The third-order valence-corrected chi connectivity index (χ3v) is 7.51. The summed E-state index contributed by atoms with van der Waals surface area (Å²) in [5.41, 5.74) is 2.31. The molecule has 0 spiro atoms. The summed E-state index contributed by atoms with van der Waals surface area (Å²) in [5.74, 6) is 0.521. The minimum Gasteiger partial charge on any atom is -0.383 e. The first kappa shape index (κ1) is 20.5. The van der Waals surface area contributed by atoms with Crippen molar-refractivity contribution < 1.29 is 9.13 Å². The van der Waals surface area contributed by atoms with Crippen LogP contribution >= 0.6 is 11.3 Å². The molecule has 0 N–H and O–H groups in total. The molecule has 8 heteroatoms. The molecule has 0 amide bonds. The molecular weight excluding hydrogens is 415 g/mol. The Morgan fingerprint density at radius 1 is 1.06 bits per heavy atom. The fraction of sp³-hybridized carbons (Fsp3) is 0.478. The van der Waals surface area contributed by atoms with Crippen LogP contribution in [0.15, 0.2) is 29.1 Å². The van der Waals surface area contributed by atoms with Gasteiger partial charge in [-0.2, -0.15) is 0 Å². The third-order valence-electron chi connectivity index (χ3n) is 6.33. The van der Waals surface area contributed by atoms with Crippen LogP contribution in [-0.2, 0) is 24.1 Å². The van der Waals surface area contributed by atoms with Crippen molar-refractivity contribution >= 4 is 33.2 Å². The van der Waals surface area contributed by atoms with Crippen LogP contribution in [0.2, 0.25) is 0 Å². The van der Waals surface area contributed by atoms with Crippen molar-refractivity contribution in [3.05, 3.63) is 50.9 Å². The van der Waals surface area contributed by atoms with E-state index in [2.05, 4.69) is 9.80 Å². The van der Waals surface area contributed by atoms with E-state index < -0.39 is 0 Å². The minimum absolute atomic E-state index is 0.0671. The number of aromatic nitrogens is 2. The van der Waals surface area contributed by atoms with E-state index in [0.29, 0.717) is 13.2 Å². The summed E-state index contributed by atoms with van der Waals surface area (Å²) in [6.45, 7) is 4.08. The smallest absolute Gasteiger partial charge is 0.264 e. The van der Waals surface area contributed by atoms with Crippen molar-refractivity contribution in [3.63, 3.8) is 0 Å². The van der Waals surface area contributed by atoms with Crippen LogP contribution in [0.25, 0.3) is 10.2 Å². The Labute approximate surface area is 184 Å². The molecule has 1 saturated heterocycles. The standard InChI is InChI=1S/C23H27FN4O2S/c1-30-15-14-28-22(29)20-18-4-2-3-5-19(18)31-21(20)25-23(28)27-12-10-26(11-13-27)17-8-6-16(24)7-9-17/h6-9H,2-5,10-15H2,1H3. The zero-order valence-corrected chi connectivity index (χ0v) is 18.6. The van der Waals surface area contributed by atoms with Crippen molar-refractivity contribution in [1.82, 2.24) is 9.55 Å². The van der Waals surface area contributed by atoms with Gasteiger partial charge < -0.3 is 14.5 Å². The van der Waals surface area contributed by atoms with Gasteiger partial charge in [-0.05, 0) is 55.5 Å². The molecule has 0 unspecified atom stereocenters. The Bertz CT molecular complexity index is 1130. The molecule has 164 valence electrons. The second kappa shape index (κ2) is 8.59. The number of hydrogen-bond donors (Lipinski definition) is 0. The molecule has 0 bridgehead atoms. The van der Waals surface area contributed by atoms with Crippen molar-refractivity contribution in [1.29, 1.82) is 0 Å². The van der Waals surface area contributed by atoms with Crippen molar-refractivity contribution in [2.24, 2.45) is 0 Å². The molecule has 1 aromatic carbocycles. The number of benzene rings is 1. The number of piperazine rings is 1. The highest BCUT2D eigenvalue weighted by Crippen LogP contribution is 2.34. The Morgan fingerprint density at radius 3 is 2.52 bits per heavy atom. The van der Waals surface area contributed by atoms with E-state index in [9.17, 15) is 9.18 Å². The first-order valence-electron chi connectivity index (χ1n) is 10.9. The maximum Gasteiger partial charge on any atom is 0.264 e. The van der Waals surface area contributed by atoms with Gasteiger partial charge >= 0.3 is 0 Å². The molecule has 5 rings (SSSR count). The van der Waals surface area contributed by atoms with E-state index in [0.717, 1.165) is 67.3 Å². The molecule has 1 aliphatic heterocycles. The second-order valence-corrected chi connectivity index (χ2v) is 9.29. The summed E-state index contributed by atoms with van der Waals surface area (Å²) in [6, 6.07) is 6.64. The molecule has 3 aromatic rings. The van der Waals surface area contributed by atoms with Crippen LogP contribution < -0.4 is 15.4 Å². The zero-order valence-electron chi connectivity index (χ0n) is 17.8. The lowest BCUT2D eigenvalue weighted by Gasteiger charge is -2.37. The van der Waals surface area contributed by atoms with E-state index in [-0.39, 0.29) is 11.4 Å². The number of ether oxygens (including phenoxy) is 1. The van der Waals surface area contributed by atoms with Crippen molar-refractivity contribution in [2.45, 2.75) is 32.2 Å². The van der Waals surface area contributed by atoms with Gasteiger partial charge in [-0.3, -0.25) is 9.36 Å². The van der Waals surface area contributed by atoms with Gasteiger partial charge in [0, 0.05) is 43.9 Å². The molecule has 3 heterocycles. The largest absolute Gasteiger partial charge is 0.383 e. The topological polar surface area (TPSA) is 50.6 Å². The number of hydrogen-bond acceptors (Lipinski definition) is 6. The van der Waals surface area contributed by atoms with Crippen LogP contribution in [0.3, 0.4) is 0 Å².